The van der Waals surface area contributed by atoms with Crippen LogP contribution in [0.3, 0.4) is 0 Å². The lowest BCUT2D eigenvalue weighted by atomic mass is 9.52. The fourth-order valence-corrected chi connectivity index (χ4v) is 42.2. The number of nitrogens with zero attached hydrogens (tertiary/aromatic N) is 3. The Hall–Kier alpha value is -4.52. The molecule has 4 spiro atoms. The van der Waals surface area contributed by atoms with Crippen molar-refractivity contribution in [3.63, 3.8) is 0 Å². The van der Waals surface area contributed by atoms with Crippen LogP contribution in [0.5, 0.6) is 0 Å². The van der Waals surface area contributed by atoms with Gasteiger partial charge in [-0.05, 0) is 437 Å². The molecule has 146 heavy (non-hydrogen) atoms. The topological polar surface area (TPSA) is 186 Å². The second kappa shape index (κ2) is 41.2. The molecule has 25 rings (SSSR count). The summed E-state index contributed by atoms with van der Waals surface area (Å²) >= 11 is 0. The second-order valence-electron chi connectivity index (χ2n) is 57.6. The molecule has 3 N–H and O–H groups in total. The van der Waals surface area contributed by atoms with Gasteiger partial charge in [-0.2, -0.15) is 0 Å². The number of carbonyl (C=O) groups excluding carboxylic acids is 5. The molecule has 24 aliphatic rings. The van der Waals surface area contributed by atoms with Crippen LogP contribution in [-0.4, -0.2) is 175 Å². The van der Waals surface area contributed by atoms with Crippen molar-refractivity contribution in [3.05, 3.63) is 80.5 Å². The molecule has 12 saturated carbocycles. The van der Waals surface area contributed by atoms with Gasteiger partial charge in [0.15, 0.2) is 0 Å². The summed E-state index contributed by atoms with van der Waals surface area (Å²) < 4.78 is 34.3. The highest BCUT2D eigenvalue weighted by molar-refractivity contribution is 5.85. The third-order valence-electron chi connectivity index (χ3n) is 49.9. The smallest absolute Gasteiger partial charge is 0.302 e. The predicted molar refractivity (Wildman–Crippen MR) is 584 cm³/mol. The van der Waals surface area contributed by atoms with Gasteiger partial charge in [-0.3, -0.25) is 34.0 Å². The van der Waals surface area contributed by atoms with E-state index in [1.165, 1.54) is 192 Å². The van der Waals surface area contributed by atoms with Crippen molar-refractivity contribution < 1.29 is 47.7 Å². The monoisotopic (exact) mass is 2000 g/mol. The maximum absolute atomic E-state index is 12.7. The summed E-state index contributed by atoms with van der Waals surface area (Å²) in [6.07, 6.45) is 52.1. The van der Waals surface area contributed by atoms with Gasteiger partial charge in [0.05, 0.1) is 53.2 Å². The van der Waals surface area contributed by atoms with Gasteiger partial charge in [-0.15, -0.1) is 0 Å². The first kappa shape index (κ1) is 106. The SMILES string of the molecule is CC(=O)CCCN1C[C@@H](C)C[C@H]2O[C@]3(CC[C@@H]4C(=C(C)C3)C[C@H]3[C@H]4CC[C@@H]4CC(=O)CC[C@@]43C)[C@H](C)[C@@H]21.CC(=O)O[C@H]1CC[C@@]2(C)[C@H](CC[C@H]3[C@@H]4CC[C@@]5(CC(C)=C4C[C@@H]32)O[C@@H]2C[C@H](C)CN[C@H]2[C@H]5C)C1.CC1=C2C[C@H]3[C@@H](CC[C@@H]4CC(=O)CC[C@@]43C)[C@@H]2CC[C@@]2(C1)O[C@@H]1C[C@H](C)CN(CCNC(=O)Cc3ccccc3)[C@H]1[C@H]2C.CN=C1CC[C@@]2(C)[C@H](CC[C@H]3[C@@H]4CC[C@@]5(CC(C)=C4C[C@@H]32)O[C@@H]2C[C@H](C)CN[C@H]2[C@H]5C)C1. The number of allylic oxidation sites excluding steroid dienone is 4. The highest BCUT2D eigenvalue weighted by atomic mass is 16.5. The number of benzene rings is 1. The fraction of sp³-hybridized carbons (Fsp3) is 0.846. The Labute approximate surface area is 882 Å². The molecule has 1 amide bonds. The number of aliphatic imine (C=N–C) groups is 1. The number of amides is 1. The van der Waals surface area contributed by atoms with Gasteiger partial charge in [0.25, 0.3) is 0 Å². The molecule has 0 radical (unpaired) electrons. The number of hydrogen-bond acceptors (Lipinski definition) is 15. The van der Waals surface area contributed by atoms with E-state index in [9.17, 15) is 24.0 Å². The molecule has 8 saturated heterocycles. The van der Waals surface area contributed by atoms with E-state index in [0.29, 0.717) is 154 Å². The number of hydrogen-bond donors (Lipinski definition) is 3. The molecule has 1 aromatic rings. The van der Waals surface area contributed by atoms with E-state index in [4.69, 9.17) is 23.7 Å². The molecular formula is C130H198N6O10. The predicted octanol–water partition coefficient (Wildman–Crippen LogP) is 25.7. The summed E-state index contributed by atoms with van der Waals surface area (Å²) in [4.78, 5) is 70.4. The number of ether oxygens (including phenoxy) is 5. The zero-order chi connectivity index (χ0) is 102. The van der Waals surface area contributed by atoms with Crippen molar-refractivity contribution in [3.8, 4) is 0 Å². The molecule has 41 atom stereocenters. The lowest BCUT2D eigenvalue weighted by Gasteiger charge is -2.54. The van der Waals surface area contributed by atoms with E-state index in [1.807, 2.05) is 48.5 Å². The number of Topliss-reactive ketones (excluding diaryl/α,β-unsaturated/α-hetero) is 3. The molecule has 20 fully saturated rings. The van der Waals surface area contributed by atoms with E-state index in [2.05, 4.69) is 142 Å². The van der Waals surface area contributed by atoms with E-state index in [-0.39, 0.29) is 46.5 Å². The van der Waals surface area contributed by atoms with Crippen molar-refractivity contribution in [1.29, 1.82) is 0 Å². The lowest BCUT2D eigenvalue weighted by Crippen LogP contribution is -2.53. The van der Waals surface area contributed by atoms with Crippen molar-refractivity contribution in [1.82, 2.24) is 25.8 Å². The van der Waals surface area contributed by atoms with Crippen LogP contribution in [0.15, 0.2) is 79.9 Å². The molecule has 16 nitrogen and oxygen atoms in total. The number of nitrogens with one attached hydrogen (secondary N) is 3. The number of likely N-dealkylation sites (tertiary alicyclic amines) is 2. The minimum absolute atomic E-state index is 0.0203. The van der Waals surface area contributed by atoms with Crippen LogP contribution in [0, 0.1) is 164 Å². The van der Waals surface area contributed by atoms with Crippen molar-refractivity contribution >= 4 is 34.9 Å². The number of fused-ring (bicyclic) bond motifs is 24. The number of rotatable bonds is 10. The summed E-state index contributed by atoms with van der Waals surface area (Å²) in [5.74, 6) is 18.9. The Morgan fingerprint density at radius 3 is 1.23 bits per heavy atom. The molecule has 8 aliphatic heterocycles. The summed E-state index contributed by atoms with van der Waals surface area (Å²) in [5, 5.41) is 10.9. The van der Waals surface area contributed by atoms with E-state index in [0.717, 1.165) is 211 Å². The first-order valence-electron chi connectivity index (χ1n) is 61.7. The van der Waals surface area contributed by atoms with E-state index in [1.54, 1.807) is 47.3 Å². The van der Waals surface area contributed by atoms with Crippen LogP contribution in [0.4, 0.5) is 0 Å². The highest BCUT2D eigenvalue weighted by Gasteiger charge is 2.68. The highest BCUT2D eigenvalue weighted by Crippen LogP contribution is 2.72. The third kappa shape index (κ3) is 19.0. The Bertz CT molecular complexity index is 5170. The zero-order valence-electron chi connectivity index (χ0n) is 94.7. The van der Waals surface area contributed by atoms with Gasteiger partial charge in [-0.25, -0.2) is 0 Å². The summed E-state index contributed by atoms with van der Waals surface area (Å²) in [5.41, 5.74) is 18.2. The third-order valence-corrected chi connectivity index (χ3v) is 49.9. The molecule has 0 aromatic heterocycles. The van der Waals surface area contributed by atoms with Crippen LogP contribution in [0.25, 0.3) is 0 Å². The maximum Gasteiger partial charge on any atom is 0.302 e. The van der Waals surface area contributed by atoms with Crippen LogP contribution in [-0.2, 0) is 54.1 Å². The Kier molecular flexibility index (Phi) is 29.9. The molecule has 8 heterocycles. The number of piperidine rings is 4. The lowest BCUT2D eigenvalue weighted by molar-refractivity contribution is -0.154. The van der Waals surface area contributed by atoms with Gasteiger partial charge >= 0.3 is 5.97 Å². The largest absolute Gasteiger partial charge is 0.463 e. The minimum atomic E-state index is -0.104. The molecule has 1 aromatic carbocycles. The van der Waals surface area contributed by atoms with Crippen molar-refractivity contribution in [2.45, 2.75) is 478 Å². The van der Waals surface area contributed by atoms with Gasteiger partial charge in [0.2, 0.25) is 5.91 Å². The van der Waals surface area contributed by atoms with E-state index < -0.39 is 0 Å². The second-order valence-corrected chi connectivity index (χ2v) is 57.6. The Morgan fingerprint density at radius 1 is 0.432 bits per heavy atom. The fourth-order valence-electron chi connectivity index (χ4n) is 42.2. The molecule has 16 heteroatoms. The normalized spacial score (nSPS) is 48.8. The molecule has 0 bridgehead atoms. The quantitative estimate of drug-likeness (QED) is 0.148. The summed E-state index contributed by atoms with van der Waals surface area (Å²) in [7, 11) is 2.01. The zero-order valence-corrected chi connectivity index (χ0v) is 94.7. The summed E-state index contributed by atoms with van der Waals surface area (Å²) in [6, 6.07) is 12.1. The van der Waals surface area contributed by atoms with Crippen LogP contribution >= 0.6 is 0 Å². The van der Waals surface area contributed by atoms with Crippen molar-refractivity contribution in [2.24, 2.45) is 169 Å². The van der Waals surface area contributed by atoms with Crippen LogP contribution < -0.4 is 16.0 Å². The van der Waals surface area contributed by atoms with Crippen molar-refractivity contribution in [2.75, 3.05) is 52.9 Å². The van der Waals surface area contributed by atoms with E-state index >= 15 is 0 Å². The molecular weight excluding hydrogens is 1810 g/mol. The van der Waals surface area contributed by atoms with Gasteiger partial charge in [0, 0.05) is 126 Å². The van der Waals surface area contributed by atoms with Gasteiger partial charge < -0.3 is 44.4 Å². The first-order valence-corrected chi connectivity index (χ1v) is 61.7. The van der Waals surface area contributed by atoms with Crippen LogP contribution in [0.1, 0.15) is 400 Å². The minimum Gasteiger partial charge on any atom is -0.463 e. The van der Waals surface area contributed by atoms with Crippen LogP contribution in [0.2, 0.25) is 0 Å². The average Bonchev–Trinajstić information content (AvgIpc) is 1.57. The number of esters is 1. The number of ketones is 3. The Morgan fingerprint density at radius 2 is 0.815 bits per heavy atom. The molecule has 16 aliphatic carbocycles. The average molecular weight is 2010 g/mol. The Balaban J connectivity index is 0.000000111. The molecule has 808 valence electrons. The van der Waals surface area contributed by atoms with Gasteiger partial charge in [0.1, 0.15) is 23.5 Å². The maximum atomic E-state index is 12.7. The van der Waals surface area contributed by atoms with Gasteiger partial charge in [-0.1, -0.05) is 158 Å². The standard InChI is InChI=1S/C38H54N2O3.C33H51NO3.C30H47NO3.C29H46N2O/c1-24-18-34-36(40(23-24)17-16-39-35(42)19-27-8-6-5-7-9-27)26(3)38(43-34)15-13-30-31-11-10-28-20-29(41)12-14-37(28,4)33(31)21-32(30)25(2)22-38;1-20-15-30-31(34(19-20)14-6-7-22(3)35)23(4)33(37-30)13-11-26-27-9-8-24-16-25(36)10-12-32(24,5)29(27)17-28(26)21(2)18-33;1-17-12-27-28(31-16-17)19(3)30(34-27)11-9-23-24-7-6-21-13-22(33-20(4)32)8-10-29(21,5)26(24)14-25(23)18(2)15-30;1-17-12-26-27(31-16-17)19(3)29(32-26)11-9-22-23-7-6-20-13-21(30-5)8-10-28(20,4)25(23)14-24(22)18(2)15-29/h5-9,24,26,28,30-31,33-34,36H,10-23H2,1-4H3,(H,39,42);20,23-24,26-27,29-31H,6-19H2,1-5H3;17,19,21-24,26-28,31H,6-16H2,1-5H3;17,19-20,22-23,25-27,31H,6-16H2,1-5H3/t24-,26+,28+,30-,31-,33-,34+,36-,37-,38-;20-,23+,24+,26-,27-,29-,30+,31-,32-,33-;17-,19+,21+,22-,23-,24-,26-,27+,28-,29-,30-;17-,19+,20+,22-,23-,25-,26+,27-,28-,29-/m0000/s1. The molecule has 0 unspecified atom stereocenters. The number of carbonyl (C=O) groups is 5. The first-order chi connectivity index (χ1) is 69.8. The summed E-state index contributed by atoms with van der Waals surface area (Å²) in [6.45, 7) is 50.1.